The van der Waals surface area contributed by atoms with Crippen LogP contribution in [0.25, 0.3) is 0 Å². The Morgan fingerprint density at radius 2 is 1.91 bits per heavy atom. The van der Waals surface area contributed by atoms with Crippen LogP contribution in [0.2, 0.25) is 0 Å². The zero-order chi connectivity index (χ0) is 16.8. The van der Waals surface area contributed by atoms with Crippen LogP contribution in [-0.2, 0) is 14.8 Å². The summed E-state index contributed by atoms with van der Waals surface area (Å²) in [4.78, 5) is 13.1. The molecule has 0 aliphatic carbocycles. The van der Waals surface area contributed by atoms with Gasteiger partial charge in [-0.3, -0.25) is 4.79 Å². The summed E-state index contributed by atoms with van der Waals surface area (Å²) in [5.74, 6) is -0.284. The number of hydrogen-bond donors (Lipinski definition) is 1. The summed E-state index contributed by atoms with van der Waals surface area (Å²) in [5, 5.41) is 2.81. The summed E-state index contributed by atoms with van der Waals surface area (Å²) in [6.07, 6.45) is 3.77. The number of sulfonamides is 1. The van der Waals surface area contributed by atoms with Crippen molar-refractivity contribution in [2.75, 3.05) is 19.8 Å². The number of nitrogens with one attached hydrogen (secondary N) is 1. The molecule has 1 aromatic rings. The lowest BCUT2D eigenvalue weighted by molar-refractivity contribution is -0.121. The van der Waals surface area contributed by atoms with E-state index in [0.717, 1.165) is 22.0 Å². The van der Waals surface area contributed by atoms with E-state index in [1.54, 1.807) is 36.0 Å². The Bertz CT molecular complexity index is 585. The fourth-order valence-corrected chi connectivity index (χ4v) is 3.58. The van der Waals surface area contributed by atoms with Crippen LogP contribution in [-0.4, -0.2) is 44.5 Å². The third-order valence-corrected chi connectivity index (χ3v) is 5.82. The third-order valence-electron chi connectivity index (χ3n) is 3.26. The highest BCUT2D eigenvalue weighted by Crippen LogP contribution is 2.19. The van der Waals surface area contributed by atoms with Crippen LogP contribution in [0, 0.1) is 0 Å². The van der Waals surface area contributed by atoms with Crippen LogP contribution < -0.4 is 5.32 Å². The van der Waals surface area contributed by atoms with E-state index < -0.39 is 10.0 Å². The van der Waals surface area contributed by atoms with Crippen LogP contribution in [0.5, 0.6) is 0 Å². The first kappa shape index (κ1) is 19.0. The molecular formula is C15H24N2O3S2. The lowest BCUT2D eigenvalue weighted by Gasteiger charge is -2.19. The summed E-state index contributed by atoms with van der Waals surface area (Å²) in [6.45, 7) is 3.77. The van der Waals surface area contributed by atoms with Crippen LogP contribution >= 0.6 is 11.8 Å². The molecule has 0 saturated heterocycles. The van der Waals surface area contributed by atoms with E-state index in [-0.39, 0.29) is 23.4 Å². The number of benzene rings is 1. The van der Waals surface area contributed by atoms with E-state index in [2.05, 4.69) is 5.32 Å². The third kappa shape index (κ3) is 5.30. The van der Waals surface area contributed by atoms with E-state index >= 15 is 0 Å². The Morgan fingerprint density at radius 1 is 1.32 bits per heavy atom. The van der Waals surface area contributed by atoms with Gasteiger partial charge in [0.15, 0.2) is 0 Å². The van der Waals surface area contributed by atoms with Gasteiger partial charge in [0, 0.05) is 18.0 Å². The molecule has 0 bridgehead atoms. The summed E-state index contributed by atoms with van der Waals surface area (Å²) < 4.78 is 25.9. The number of nitrogens with zero attached hydrogens (tertiary/aromatic N) is 1. The molecule has 1 unspecified atom stereocenters. The molecule has 1 amide bonds. The van der Waals surface area contributed by atoms with Crippen molar-refractivity contribution in [2.24, 2.45) is 0 Å². The zero-order valence-corrected chi connectivity index (χ0v) is 15.1. The lowest BCUT2D eigenvalue weighted by atomic mass is 10.2. The van der Waals surface area contributed by atoms with E-state index in [0.29, 0.717) is 0 Å². The number of likely N-dealkylation sites (N-methyl/N-ethyl adjacent to an activating group) is 1. The molecule has 1 aromatic carbocycles. The minimum absolute atomic E-state index is 0.0504. The van der Waals surface area contributed by atoms with Gasteiger partial charge >= 0.3 is 0 Å². The summed E-state index contributed by atoms with van der Waals surface area (Å²) in [5.41, 5.74) is 0. The second-order valence-corrected chi connectivity index (χ2v) is 8.12. The van der Waals surface area contributed by atoms with Crippen LogP contribution in [0.1, 0.15) is 26.7 Å². The number of amides is 1. The Hall–Kier alpha value is -1.05. The van der Waals surface area contributed by atoms with Crippen molar-refractivity contribution in [3.05, 3.63) is 24.3 Å². The molecule has 0 fully saturated rings. The molecule has 7 heteroatoms. The second-order valence-electron chi connectivity index (χ2n) is 5.19. The lowest BCUT2D eigenvalue weighted by Crippen LogP contribution is -2.41. The standard InChI is InChI=1S/C15H24N2O3S2/c1-5-6-12(2)16-15(18)11-17(3)22(19,20)14-9-7-13(21-4)8-10-14/h7-10,12H,5-6,11H2,1-4H3,(H,16,18). The molecular weight excluding hydrogens is 320 g/mol. The maximum absolute atomic E-state index is 12.4. The van der Waals surface area contributed by atoms with Crippen molar-refractivity contribution in [2.45, 2.75) is 42.5 Å². The highest BCUT2D eigenvalue weighted by Gasteiger charge is 2.23. The maximum atomic E-state index is 12.4. The van der Waals surface area contributed by atoms with Crippen molar-refractivity contribution >= 4 is 27.7 Å². The molecule has 0 aliphatic rings. The average molecular weight is 345 g/mol. The Balaban J connectivity index is 2.73. The summed E-state index contributed by atoms with van der Waals surface area (Å²) in [6, 6.07) is 6.70. The topological polar surface area (TPSA) is 66.5 Å². The quantitative estimate of drug-likeness (QED) is 0.735. The molecule has 0 aromatic heterocycles. The molecule has 0 saturated carbocycles. The summed E-state index contributed by atoms with van der Waals surface area (Å²) >= 11 is 1.55. The van der Waals surface area contributed by atoms with Gasteiger partial charge in [0.2, 0.25) is 15.9 Å². The number of rotatable bonds is 8. The molecule has 0 aliphatic heterocycles. The Morgan fingerprint density at radius 3 is 2.41 bits per heavy atom. The molecule has 1 atom stereocenters. The van der Waals surface area contributed by atoms with Gasteiger partial charge in [0.25, 0.3) is 0 Å². The fourth-order valence-electron chi connectivity index (χ4n) is 2.04. The zero-order valence-electron chi connectivity index (χ0n) is 13.5. The first-order chi connectivity index (χ1) is 10.3. The van der Waals surface area contributed by atoms with Gasteiger partial charge in [-0.05, 0) is 43.9 Å². The van der Waals surface area contributed by atoms with E-state index in [4.69, 9.17) is 0 Å². The van der Waals surface area contributed by atoms with Crippen LogP contribution in [0.15, 0.2) is 34.1 Å². The molecule has 0 radical (unpaired) electrons. The monoisotopic (exact) mass is 344 g/mol. The highest BCUT2D eigenvalue weighted by atomic mass is 32.2. The number of carbonyl (C=O) groups excluding carboxylic acids is 1. The van der Waals surface area contributed by atoms with Crippen molar-refractivity contribution in [3.8, 4) is 0 Å². The Labute approximate surface area is 137 Å². The van der Waals surface area contributed by atoms with Crippen LogP contribution in [0.4, 0.5) is 0 Å². The molecule has 0 heterocycles. The van der Waals surface area contributed by atoms with E-state index in [1.807, 2.05) is 20.1 Å². The van der Waals surface area contributed by atoms with Gasteiger partial charge in [0.1, 0.15) is 0 Å². The van der Waals surface area contributed by atoms with Crippen LogP contribution in [0.3, 0.4) is 0 Å². The fraction of sp³-hybridized carbons (Fsp3) is 0.533. The normalized spacial score (nSPS) is 13.1. The van der Waals surface area contributed by atoms with Gasteiger partial charge in [-0.1, -0.05) is 13.3 Å². The SMILES string of the molecule is CCCC(C)NC(=O)CN(C)S(=O)(=O)c1ccc(SC)cc1. The van der Waals surface area contributed by atoms with Gasteiger partial charge in [-0.25, -0.2) is 8.42 Å². The summed E-state index contributed by atoms with van der Waals surface area (Å²) in [7, 11) is -2.23. The van der Waals surface area contributed by atoms with Gasteiger partial charge < -0.3 is 5.32 Å². The first-order valence-electron chi connectivity index (χ1n) is 7.21. The Kier molecular flexibility index (Phi) is 7.38. The number of thioether (sulfide) groups is 1. The van der Waals surface area contributed by atoms with E-state index in [9.17, 15) is 13.2 Å². The number of carbonyl (C=O) groups is 1. The van der Waals surface area contributed by atoms with Gasteiger partial charge in [-0.15, -0.1) is 11.8 Å². The minimum atomic E-state index is -3.64. The molecule has 1 rings (SSSR count). The van der Waals surface area contributed by atoms with Crippen molar-refractivity contribution in [3.63, 3.8) is 0 Å². The molecule has 124 valence electrons. The highest BCUT2D eigenvalue weighted by molar-refractivity contribution is 7.98. The van der Waals surface area contributed by atoms with E-state index in [1.165, 1.54) is 7.05 Å². The van der Waals surface area contributed by atoms with Gasteiger partial charge in [-0.2, -0.15) is 4.31 Å². The van der Waals surface area contributed by atoms with Crippen molar-refractivity contribution < 1.29 is 13.2 Å². The predicted octanol–water partition coefficient (Wildman–Crippen LogP) is 2.33. The molecule has 0 spiro atoms. The molecule has 5 nitrogen and oxygen atoms in total. The number of hydrogen-bond acceptors (Lipinski definition) is 4. The second kappa shape index (κ2) is 8.55. The molecule has 1 N–H and O–H groups in total. The van der Waals surface area contributed by atoms with Crippen molar-refractivity contribution in [1.82, 2.24) is 9.62 Å². The van der Waals surface area contributed by atoms with Crippen molar-refractivity contribution in [1.29, 1.82) is 0 Å². The first-order valence-corrected chi connectivity index (χ1v) is 9.87. The maximum Gasteiger partial charge on any atom is 0.243 e. The average Bonchev–Trinajstić information content (AvgIpc) is 2.47. The van der Waals surface area contributed by atoms with Gasteiger partial charge in [0.05, 0.1) is 11.4 Å². The minimum Gasteiger partial charge on any atom is -0.353 e. The predicted molar refractivity (Wildman–Crippen MR) is 90.6 cm³/mol. The molecule has 22 heavy (non-hydrogen) atoms. The smallest absolute Gasteiger partial charge is 0.243 e. The largest absolute Gasteiger partial charge is 0.353 e.